The van der Waals surface area contributed by atoms with Crippen LogP contribution in [-0.4, -0.2) is 37.6 Å². The topological polar surface area (TPSA) is 29.5 Å². The smallest absolute Gasteiger partial charge is 0.226 e. The molecule has 2 atom stereocenters. The van der Waals surface area contributed by atoms with E-state index >= 15 is 0 Å². The number of nitrogens with zero attached hydrogens (tertiary/aromatic N) is 1. The van der Waals surface area contributed by atoms with Gasteiger partial charge < -0.3 is 9.64 Å². The van der Waals surface area contributed by atoms with Crippen LogP contribution in [0.15, 0.2) is 24.3 Å². The van der Waals surface area contributed by atoms with Gasteiger partial charge in [-0.05, 0) is 29.9 Å². The molecule has 21 heavy (non-hydrogen) atoms. The second-order valence-corrected chi connectivity index (χ2v) is 6.14. The molecule has 0 heterocycles. The highest BCUT2D eigenvalue weighted by atomic mass is 19.1. The quantitative estimate of drug-likeness (QED) is 0.773. The zero-order chi connectivity index (χ0) is 15.4. The number of ether oxygens (including phenoxy) is 1. The van der Waals surface area contributed by atoms with Crippen LogP contribution in [0.5, 0.6) is 0 Å². The Morgan fingerprint density at radius 1 is 1.43 bits per heavy atom. The van der Waals surface area contributed by atoms with Gasteiger partial charge >= 0.3 is 0 Å². The van der Waals surface area contributed by atoms with E-state index in [9.17, 15) is 9.18 Å². The largest absolute Gasteiger partial charge is 0.383 e. The summed E-state index contributed by atoms with van der Waals surface area (Å²) in [4.78, 5) is 14.5. The fourth-order valence-electron chi connectivity index (χ4n) is 2.76. The molecule has 0 aromatic heterocycles. The van der Waals surface area contributed by atoms with Gasteiger partial charge in [-0.1, -0.05) is 32.0 Å². The second-order valence-electron chi connectivity index (χ2n) is 6.14. The van der Waals surface area contributed by atoms with Crippen LogP contribution in [-0.2, 0) is 9.53 Å². The summed E-state index contributed by atoms with van der Waals surface area (Å²) in [6.07, 6.45) is 0.751. The first-order valence-corrected chi connectivity index (χ1v) is 7.56. The van der Waals surface area contributed by atoms with E-state index in [2.05, 4.69) is 13.8 Å². The first-order valence-electron chi connectivity index (χ1n) is 7.56. The van der Waals surface area contributed by atoms with Crippen LogP contribution in [0.4, 0.5) is 4.39 Å². The van der Waals surface area contributed by atoms with Crippen molar-refractivity contribution in [3.05, 3.63) is 35.6 Å². The number of hydrogen-bond donors (Lipinski definition) is 0. The zero-order valence-corrected chi connectivity index (χ0v) is 13.0. The summed E-state index contributed by atoms with van der Waals surface area (Å²) in [5, 5.41) is 0. The molecule has 3 nitrogen and oxygen atoms in total. The molecular weight excluding hydrogens is 269 g/mol. The van der Waals surface area contributed by atoms with Crippen LogP contribution in [0.1, 0.15) is 31.7 Å². The number of benzene rings is 1. The van der Waals surface area contributed by atoms with E-state index in [1.165, 1.54) is 6.07 Å². The summed E-state index contributed by atoms with van der Waals surface area (Å²) in [6.45, 7) is 6.05. The molecule has 1 fully saturated rings. The lowest BCUT2D eigenvalue weighted by atomic mass is 10.1. The summed E-state index contributed by atoms with van der Waals surface area (Å²) >= 11 is 0. The number of amides is 1. The van der Waals surface area contributed by atoms with E-state index in [0.29, 0.717) is 24.6 Å². The molecule has 1 aliphatic carbocycles. The maximum Gasteiger partial charge on any atom is 0.226 e. The summed E-state index contributed by atoms with van der Waals surface area (Å²) < 4.78 is 18.9. The summed E-state index contributed by atoms with van der Waals surface area (Å²) in [5.74, 6) is 0.309. The molecule has 1 aromatic rings. The number of hydrogen-bond acceptors (Lipinski definition) is 2. The Morgan fingerprint density at radius 2 is 2.14 bits per heavy atom. The van der Waals surface area contributed by atoms with Crippen molar-refractivity contribution in [3.63, 3.8) is 0 Å². The van der Waals surface area contributed by atoms with Crippen molar-refractivity contribution in [1.29, 1.82) is 0 Å². The minimum Gasteiger partial charge on any atom is -0.383 e. The second kappa shape index (κ2) is 7.03. The number of rotatable bonds is 7. The molecule has 2 rings (SSSR count). The Kier molecular flexibility index (Phi) is 5.34. The maximum absolute atomic E-state index is 13.8. The predicted molar refractivity (Wildman–Crippen MR) is 80.5 cm³/mol. The van der Waals surface area contributed by atoms with Gasteiger partial charge in [-0.25, -0.2) is 4.39 Å². The lowest BCUT2D eigenvalue weighted by molar-refractivity contribution is -0.133. The Bertz CT molecular complexity index is 489. The van der Waals surface area contributed by atoms with Gasteiger partial charge in [0, 0.05) is 26.1 Å². The molecule has 2 unspecified atom stereocenters. The Balaban J connectivity index is 2.01. The van der Waals surface area contributed by atoms with Crippen molar-refractivity contribution < 1.29 is 13.9 Å². The molecule has 0 spiro atoms. The molecule has 0 radical (unpaired) electrons. The highest BCUT2D eigenvalue weighted by Gasteiger charge is 2.46. The normalized spacial score (nSPS) is 20.6. The third kappa shape index (κ3) is 4.03. The average Bonchev–Trinajstić information content (AvgIpc) is 3.23. The van der Waals surface area contributed by atoms with Gasteiger partial charge in [-0.2, -0.15) is 0 Å². The third-order valence-electron chi connectivity index (χ3n) is 3.87. The van der Waals surface area contributed by atoms with Gasteiger partial charge in [0.25, 0.3) is 0 Å². The van der Waals surface area contributed by atoms with Gasteiger partial charge in [0.2, 0.25) is 5.91 Å². The monoisotopic (exact) mass is 293 g/mol. The Hall–Kier alpha value is -1.42. The van der Waals surface area contributed by atoms with E-state index < -0.39 is 0 Å². The molecule has 0 bridgehead atoms. The van der Waals surface area contributed by atoms with Crippen LogP contribution in [0.25, 0.3) is 0 Å². The molecule has 1 saturated carbocycles. The molecular formula is C17H24FNO2. The van der Waals surface area contributed by atoms with Crippen LogP contribution >= 0.6 is 0 Å². The highest BCUT2D eigenvalue weighted by Crippen LogP contribution is 2.49. The minimum absolute atomic E-state index is 0.0379. The molecule has 0 saturated heterocycles. The van der Waals surface area contributed by atoms with Gasteiger partial charge in [-0.3, -0.25) is 4.79 Å². The molecule has 116 valence electrons. The number of carbonyl (C=O) groups excluding carboxylic acids is 1. The van der Waals surface area contributed by atoms with Crippen molar-refractivity contribution >= 4 is 5.91 Å². The Morgan fingerprint density at radius 3 is 2.76 bits per heavy atom. The summed E-state index contributed by atoms with van der Waals surface area (Å²) in [7, 11) is 1.64. The predicted octanol–water partition coefficient (Wildman–Crippen LogP) is 3.06. The van der Waals surface area contributed by atoms with Crippen LogP contribution < -0.4 is 0 Å². The van der Waals surface area contributed by atoms with E-state index in [0.717, 1.165) is 13.0 Å². The summed E-state index contributed by atoms with van der Waals surface area (Å²) in [6, 6.07) is 6.76. The molecule has 1 aromatic carbocycles. The fraction of sp³-hybridized carbons (Fsp3) is 0.588. The minimum atomic E-state index is -0.204. The standard InChI is InChI=1S/C17H24FNO2/c1-12(2)11-19(8-9-21-3)17(20)15-10-14(15)13-6-4-5-7-16(13)18/h4-7,12,14-15H,8-11H2,1-3H3. The highest BCUT2D eigenvalue weighted by molar-refractivity contribution is 5.83. The van der Waals surface area contributed by atoms with E-state index in [4.69, 9.17) is 4.74 Å². The van der Waals surface area contributed by atoms with Crippen molar-refractivity contribution in [1.82, 2.24) is 4.90 Å². The van der Waals surface area contributed by atoms with Crippen molar-refractivity contribution in [2.24, 2.45) is 11.8 Å². The first-order chi connectivity index (χ1) is 10.0. The maximum atomic E-state index is 13.8. The molecule has 4 heteroatoms. The first kappa shape index (κ1) is 16.0. The average molecular weight is 293 g/mol. The van der Waals surface area contributed by atoms with Crippen LogP contribution in [0, 0.1) is 17.7 Å². The number of methoxy groups -OCH3 is 1. The third-order valence-corrected chi connectivity index (χ3v) is 3.87. The number of carbonyl (C=O) groups is 1. The van der Waals surface area contributed by atoms with E-state index in [1.54, 1.807) is 19.2 Å². The van der Waals surface area contributed by atoms with E-state index in [1.807, 2.05) is 11.0 Å². The number of halogens is 1. The van der Waals surface area contributed by atoms with Crippen LogP contribution in [0.3, 0.4) is 0 Å². The molecule has 1 aliphatic rings. The van der Waals surface area contributed by atoms with E-state index in [-0.39, 0.29) is 23.6 Å². The van der Waals surface area contributed by atoms with Crippen molar-refractivity contribution in [2.45, 2.75) is 26.2 Å². The van der Waals surface area contributed by atoms with Gasteiger partial charge in [0.15, 0.2) is 0 Å². The molecule has 0 N–H and O–H groups in total. The van der Waals surface area contributed by atoms with Crippen LogP contribution in [0.2, 0.25) is 0 Å². The van der Waals surface area contributed by atoms with Gasteiger partial charge in [0.05, 0.1) is 6.61 Å². The molecule has 0 aliphatic heterocycles. The fourth-order valence-corrected chi connectivity index (χ4v) is 2.76. The van der Waals surface area contributed by atoms with Gasteiger partial charge in [-0.15, -0.1) is 0 Å². The van der Waals surface area contributed by atoms with Gasteiger partial charge in [0.1, 0.15) is 5.82 Å². The lowest BCUT2D eigenvalue weighted by Crippen LogP contribution is -2.38. The SMILES string of the molecule is COCCN(CC(C)C)C(=O)C1CC1c1ccccc1F. The summed E-state index contributed by atoms with van der Waals surface area (Å²) in [5.41, 5.74) is 0.673. The van der Waals surface area contributed by atoms with Crippen molar-refractivity contribution in [2.75, 3.05) is 26.8 Å². The molecule has 1 amide bonds. The lowest BCUT2D eigenvalue weighted by Gasteiger charge is -2.24. The van der Waals surface area contributed by atoms with Crippen molar-refractivity contribution in [3.8, 4) is 0 Å². The zero-order valence-electron chi connectivity index (χ0n) is 13.0. The Labute approximate surface area is 126 Å².